The predicted molar refractivity (Wildman–Crippen MR) is 91.0 cm³/mol. The Bertz CT molecular complexity index is 429. The monoisotopic (exact) mass is 292 g/mol. The topological polar surface area (TPSA) is 15.3 Å². The fourth-order valence-corrected chi connectivity index (χ4v) is 3.59. The van der Waals surface area contributed by atoms with Crippen LogP contribution < -0.4 is 10.2 Å². The SMILES string of the molecule is CCC1CNC(CC)(CC)CN1c1cccc(SC)c1. The highest BCUT2D eigenvalue weighted by Gasteiger charge is 2.36. The van der Waals surface area contributed by atoms with Crippen LogP contribution in [0, 0.1) is 0 Å². The van der Waals surface area contributed by atoms with E-state index in [-0.39, 0.29) is 5.54 Å². The molecule has 1 aromatic carbocycles. The standard InChI is InChI=1S/C17H28N2S/c1-5-14-12-18-17(6-2,7-3)13-19(14)15-9-8-10-16(11-15)20-4/h8-11,14,18H,5-7,12-13H2,1-4H3. The van der Waals surface area contributed by atoms with E-state index >= 15 is 0 Å². The molecular formula is C17H28N2S. The van der Waals surface area contributed by atoms with Crippen molar-refractivity contribution in [2.75, 3.05) is 24.2 Å². The summed E-state index contributed by atoms with van der Waals surface area (Å²) >= 11 is 1.82. The van der Waals surface area contributed by atoms with Gasteiger partial charge in [-0.3, -0.25) is 0 Å². The largest absolute Gasteiger partial charge is 0.365 e. The molecule has 1 atom stereocenters. The van der Waals surface area contributed by atoms with E-state index in [4.69, 9.17) is 0 Å². The summed E-state index contributed by atoms with van der Waals surface area (Å²) in [5, 5.41) is 3.81. The molecule has 0 aliphatic carbocycles. The zero-order valence-electron chi connectivity index (χ0n) is 13.3. The molecule has 0 amide bonds. The first-order valence-corrected chi connectivity index (χ1v) is 9.06. The Labute approximate surface area is 128 Å². The maximum Gasteiger partial charge on any atom is 0.0412 e. The minimum atomic E-state index is 0.279. The molecule has 1 N–H and O–H groups in total. The Kier molecular flexibility index (Phi) is 5.39. The highest BCUT2D eigenvalue weighted by atomic mass is 32.2. The van der Waals surface area contributed by atoms with Crippen molar-refractivity contribution in [3.63, 3.8) is 0 Å². The second-order valence-corrected chi connectivity index (χ2v) is 6.64. The summed E-state index contributed by atoms with van der Waals surface area (Å²) in [6.07, 6.45) is 5.73. The summed E-state index contributed by atoms with van der Waals surface area (Å²) in [6, 6.07) is 9.61. The van der Waals surface area contributed by atoms with Crippen LogP contribution in [-0.4, -0.2) is 30.9 Å². The van der Waals surface area contributed by atoms with Crippen molar-refractivity contribution in [3.8, 4) is 0 Å². The number of anilines is 1. The third-order valence-corrected chi connectivity index (χ3v) is 5.56. The minimum Gasteiger partial charge on any atom is -0.365 e. The first-order valence-electron chi connectivity index (χ1n) is 7.83. The Morgan fingerprint density at radius 3 is 2.65 bits per heavy atom. The minimum absolute atomic E-state index is 0.279. The van der Waals surface area contributed by atoms with E-state index in [1.54, 1.807) is 0 Å². The molecule has 0 bridgehead atoms. The van der Waals surface area contributed by atoms with Gasteiger partial charge in [-0.15, -0.1) is 11.8 Å². The van der Waals surface area contributed by atoms with Gasteiger partial charge in [-0.25, -0.2) is 0 Å². The molecule has 1 saturated heterocycles. The lowest BCUT2D eigenvalue weighted by Gasteiger charge is -2.48. The summed E-state index contributed by atoms with van der Waals surface area (Å²) in [5.74, 6) is 0. The second kappa shape index (κ2) is 6.86. The normalized spacial score (nSPS) is 22.0. The first-order chi connectivity index (χ1) is 9.68. The molecule has 20 heavy (non-hydrogen) atoms. The van der Waals surface area contributed by atoms with E-state index in [0.29, 0.717) is 6.04 Å². The zero-order chi connectivity index (χ0) is 14.6. The summed E-state index contributed by atoms with van der Waals surface area (Å²) in [7, 11) is 0. The highest BCUT2D eigenvalue weighted by molar-refractivity contribution is 7.98. The number of benzene rings is 1. The van der Waals surface area contributed by atoms with Crippen LogP contribution in [0.25, 0.3) is 0 Å². The van der Waals surface area contributed by atoms with Gasteiger partial charge in [0.1, 0.15) is 0 Å². The lowest BCUT2D eigenvalue weighted by molar-refractivity contribution is 0.246. The molecule has 2 rings (SSSR count). The molecule has 1 unspecified atom stereocenters. The molecule has 1 aromatic rings. The Morgan fingerprint density at radius 1 is 1.30 bits per heavy atom. The van der Waals surface area contributed by atoms with Gasteiger partial charge in [-0.1, -0.05) is 26.8 Å². The van der Waals surface area contributed by atoms with Crippen molar-refractivity contribution in [1.29, 1.82) is 0 Å². The smallest absolute Gasteiger partial charge is 0.0412 e. The lowest BCUT2D eigenvalue weighted by Crippen LogP contribution is -2.64. The molecule has 1 heterocycles. The number of thioether (sulfide) groups is 1. The van der Waals surface area contributed by atoms with Gasteiger partial charge in [0.2, 0.25) is 0 Å². The van der Waals surface area contributed by atoms with Crippen molar-refractivity contribution in [2.24, 2.45) is 0 Å². The average molecular weight is 292 g/mol. The lowest BCUT2D eigenvalue weighted by atomic mass is 9.87. The number of nitrogens with one attached hydrogen (secondary N) is 1. The van der Waals surface area contributed by atoms with Gasteiger partial charge in [0.15, 0.2) is 0 Å². The van der Waals surface area contributed by atoms with Crippen molar-refractivity contribution in [2.45, 2.75) is 56.5 Å². The maximum absolute atomic E-state index is 3.81. The van der Waals surface area contributed by atoms with E-state index in [1.807, 2.05) is 11.8 Å². The molecule has 0 spiro atoms. The zero-order valence-corrected chi connectivity index (χ0v) is 14.1. The number of hydrogen-bond acceptors (Lipinski definition) is 3. The molecule has 3 heteroatoms. The van der Waals surface area contributed by atoms with Gasteiger partial charge in [-0.05, 0) is 43.7 Å². The number of nitrogens with zero attached hydrogens (tertiary/aromatic N) is 1. The molecular weight excluding hydrogens is 264 g/mol. The molecule has 0 saturated carbocycles. The van der Waals surface area contributed by atoms with E-state index in [1.165, 1.54) is 29.8 Å². The molecule has 1 aliphatic heterocycles. The molecule has 0 radical (unpaired) electrons. The van der Waals surface area contributed by atoms with Crippen LogP contribution in [0.4, 0.5) is 5.69 Å². The van der Waals surface area contributed by atoms with Crippen LogP contribution in [0.2, 0.25) is 0 Å². The molecule has 112 valence electrons. The van der Waals surface area contributed by atoms with Crippen LogP contribution in [0.1, 0.15) is 40.0 Å². The van der Waals surface area contributed by atoms with Crippen molar-refractivity contribution >= 4 is 17.4 Å². The highest BCUT2D eigenvalue weighted by Crippen LogP contribution is 2.30. The predicted octanol–water partition coefficient (Wildman–Crippen LogP) is 4.16. The molecule has 1 fully saturated rings. The van der Waals surface area contributed by atoms with Gasteiger partial charge in [0.05, 0.1) is 0 Å². The number of hydrogen-bond donors (Lipinski definition) is 1. The molecule has 1 aliphatic rings. The molecule has 2 nitrogen and oxygen atoms in total. The number of piperazine rings is 1. The number of rotatable bonds is 5. The van der Waals surface area contributed by atoms with Gasteiger partial charge in [0.25, 0.3) is 0 Å². The average Bonchev–Trinajstić information content (AvgIpc) is 2.54. The molecule has 0 aromatic heterocycles. The van der Waals surface area contributed by atoms with Crippen LogP contribution >= 0.6 is 11.8 Å². The fourth-order valence-electron chi connectivity index (χ4n) is 3.14. The van der Waals surface area contributed by atoms with Crippen LogP contribution in [0.3, 0.4) is 0 Å². The van der Waals surface area contributed by atoms with Gasteiger partial charge in [-0.2, -0.15) is 0 Å². The van der Waals surface area contributed by atoms with Gasteiger partial charge >= 0.3 is 0 Å². The van der Waals surface area contributed by atoms with Gasteiger partial charge < -0.3 is 10.2 Å². The van der Waals surface area contributed by atoms with Crippen LogP contribution in [0.5, 0.6) is 0 Å². The first kappa shape index (κ1) is 15.7. The maximum atomic E-state index is 3.81. The summed E-state index contributed by atoms with van der Waals surface area (Å²) in [6.45, 7) is 9.12. The van der Waals surface area contributed by atoms with Crippen molar-refractivity contribution in [1.82, 2.24) is 5.32 Å². The Balaban J connectivity index is 2.28. The van der Waals surface area contributed by atoms with Crippen molar-refractivity contribution in [3.05, 3.63) is 24.3 Å². The Hall–Kier alpha value is -0.670. The summed E-state index contributed by atoms with van der Waals surface area (Å²) in [5.41, 5.74) is 1.66. The van der Waals surface area contributed by atoms with Crippen LogP contribution in [0.15, 0.2) is 29.2 Å². The van der Waals surface area contributed by atoms with E-state index in [2.05, 4.69) is 61.5 Å². The Morgan fingerprint density at radius 2 is 2.05 bits per heavy atom. The summed E-state index contributed by atoms with van der Waals surface area (Å²) < 4.78 is 0. The fraction of sp³-hybridized carbons (Fsp3) is 0.647. The van der Waals surface area contributed by atoms with Gasteiger partial charge in [0, 0.05) is 35.3 Å². The van der Waals surface area contributed by atoms with E-state index < -0.39 is 0 Å². The second-order valence-electron chi connectivity index (χ2n) is 5.76. The third-order valence-electron chi connectivity index (χ3n) is 4.84. The van der Waals surface area contributed by atoms with E-state index in [0.717, 1.165) is 13.1 Å². The quantitative estimate of drug-likeness (QED) is 0.821. The third kappa shape index (κ3) is 3.15. The van der Waals surface area contributed by atoms with Crippen LogP contribution in [-0.2, 0) is 0 Å². The van der Waals surface area contributed by atoms with Crippen molar-refractivity contribution < 1.29 is 0 Å². The summed E-state index contributed by atoms with van der Waals surface area (Å²) in [4.78, 5) is 3.98. The van der Waals surface area contributed by atoms with E-state index in [9.17, 15) is 0 Å².